The maximum Gasteiger partial charge on any atom is 0.272 e. The van der Waals surface area contributed by atoms with E-state index >= 15 is 0 Å². The highest BCUT2D eigenvalue weighted by molar-refractivity contribution is 5.98. The first-order valence-corrected chi connectivity index (χ1v) is 10.8. The van der Waals surface area contributed by atoms with E-state index in [1.807, 2.05) is 46.2 Å². The summed E-state index contributed by atoms with van der Waals surface area (Å²) in [5.41, 5.74) is 0.716. The van der Waals surface area contributed by atoms with E-state index in [4.69, 9.17) is 0 Å². The lowest BCUT2D eigenvalue weighted by atomic mass is 9.86. The number of halogens is 2. The highest BCUT2D eigenvalue weighted by Gasteiger charge is 2.36. The Morgan fingerprint density at radius 1 is 1.25 bits per heavy atom. The zero-order valence-electron chi connectivity index (χ0n) is 19.4. The Labute approximate surface area is 187 Å². The average molecular weight is 448 g/mol. The largest absolute Gasteiger partial charge is 0.355 e. The fourth-order valence-electron chi connectivity index (χ4n) is 3.83. The number of rotatable bonds is 5. The quantitative estimate of drug-likeness (QED) is 0.739. The van der Waals surface area contributed by atoms with E-state index in [2.05, 4.69) is 20.5 Å². The minimum Gasteiger partial charge on any atom is -0.355 e. The van der Waals surface area contributed by atoms with Gasteiger partial charge in [0.05, 0.1) is 5.69 Å². The van der Waals surface area contributed by atoms with E-state index in [1.165, 1.54) is 6.07 Å². The van der Waals surface area contributed by atoms with Crippen LogP contribution in [0.4, 0.5) is 8.78 Å². The summed E-state index contributed by atoms with van der Waals surface area (Å²) < 4.78 is 29.3. The molecule has 2 aromatic rings. The molecule has 2 atom stereocenters. The lowest BCUT2D eigenvalue weighted by Crippen LogP contribution is -2.53. The van der Waals surface area contributed by atoms with Crippen molar-refractivity contribution in [1.29, 1.82) is 0 Å². The summed E-state index contributed by atoms with van der Waals surface area (Å²) >= 11 is 0. The van der Waals surface area contributed by atoms with E-state index < -0.39 is 29.0 Å². The van der Waals surface area contributed by atoms with Crippen molar-refractivity contribution in [2.45, 2.75) is 59.8 Å². The molecule has 3 rings (SSSR count). The second-order valence-corrected chi connectivity index (χ2v) is 9.40. The molecular formula is C23H31F2N5O2. The number of likely N-dealkylation sites (N-methyl/N-ethyl adjacent to an activating group) is 2. The fourth-order valence-corrected chi connectivity index (χ4v) is 3.83. The minimum absolute atomic E-state index is 0.161. The molecule has 0 saturated heterocycles. The van der Waals surface area contributed by atoms with Crippen molar-refractivity contribution in [3.63, 3.8) is 0 Å². The monoisotopic (exact) mass is 447 g/mol. The molecule has 7 nitrogen and oxygen atoms in total. The molecule has 1 aromatic heterocycles. The van der Waals surface area contributed by atoms with Gasteiger partial charge >= 0.3 is 0 Å². The second kappa shape index (κ2) is 8.97. The highest BCUT2D eigenvalue weighted by atomic mass is 19.2. The molecule has 1 unspecified atom stereocenters. The average Bonchev–Trinajstić information content (AvgIpc) is 3.06. The van der Waals surface area contributed by atoms with E-state index in [0.29, 0.717) is 36.7 Å². The Kier molecular flexibility index (Phi) is 6.69. The summed E-state index contributed by atoms with van der Waals surface area (Å²) in [6, 6.07) is 2.98. The van der Waals surface area contributed by atoms with Crippen LogP contribution >= 0.6 is 0 Å². The summed E-state index contributed by atoms with van der Waals surface area (Å²) in [7, 11) is 1.95. The molecule has 0 radical (unpaired) electrons. The Balaban J connectivity index is 2.05. The van der Waals surface area contributed by atoms with Crippen LogP contribution in [-0.4, -0.2) is 51.9 Å². The summed E-state index contributed by atoms with van der Waals surface area (Å²) in [5, 5.41) is 5.60. The molecule has 174 valence electrons. The molecule has 0 spiro atoms. The van der Waals surface area contributed by atoms with Gasteiger partial charge < -0.3 is 15.2 Å². The van der Waals surface area contributed by atoms with Crippen molar-refractivity contribution in [3.8, 4) is 11.4 Å². The zero-order chi connectivity index (χ0) is 23.8. The normalized spacial score (nSPS) is 17.6. The smallest absolute Gasteiger partial charge is 0.272 e. The van der Waals surface area contributed by atoms with Crippen molar-refractivity contribution in [2.24, 2.45) is 5.41 Å². The number of amides is 2. The SMILES string of the molecule is CCNC(=O)[C@@H](NC(=O)c1nc(-c2ccc(F)c(F)c2)n2c1CN(C)C(C)C2)C(C)(C)C. The number of nitrogens with one attached hydrogen (secondary N) is 2. The van der Waals surface area contributed by atoms with E-state index in [1.54, 1.807) is 0 Å². The second-order valence-electron chi connectivity index (χ2n) is 9.40. The molecule has 0 aliphatic carbocycles. The number of imidazole rings is 1. The number of fused-ring (bicyclic) bond motifs is 1. The summed E-state index contributed by atoms with van der Waals surface area (Å²) in [6.07, 6.45) is 0. The van der Waals surface area contributed by atoms with E-state index in [9.17, 15) is 18.4 Å². The molecule has 9 heteroatoms. The van der Waals surface area contributed by atoms with E-state index in [-0.39, 0.29) is 17.6 Å². The molecule has 0 bridgehead atoms. The van der Waals surface area contributed by atoms with Gasteiger partial charge in [-0.3, -0.25) is 14.5 Å². The molecule has 1 aliphatic rings. The van der Waals surface area contributed by atoms with Crippen molar-refractivity contribution in [2.75, 3.05) is 13.6 Å². The number of carbonyl (C=O) groups is 2. The number of hydrogen-bond donors (Lipinski definition) is 2. The molecule has 2 heterocycles. The lowest BCUT2D eigenvalue weighted by molar-refractivity contribution is -0.125. The van der Waals surface area contributed by atoms with Gasteiger partial charge in [0.2, 0.25) is 5.91 Å². The zero-order valence-corrected chi connectivity index (χ0v) is 19.4. The summed E-state index contributed by atoms with van der Waals surface area (Å²) in [4.78, 5) is 32.6. The maximum absolute atomic E-state index is 13.9. The third-order valence-corrected chi connectivity index (χ3v) is 5.82. The van der Waals surface area contributed by atoms with Crippen LogP contribution in [0.2, 0.25) is 0 Å². The molecule has 0 saturated carbocycles. The maximum atomic E-state index is 13.9. The predicted octanol–water partition coefficient (Wildman–Crippen LogP) is 2.94. The van der Waals surface area contributed by atoms with Crippen LogP contribution in [0.1, 0.15) is 50.8 Å². The molecule has 2 N–H and O–H groups in total. The molecule has 0 fully saturated rings. The van der Waals surface area contributed by atoms with Crippen LogP contribution in [-0.2, 0) is 17.9 Å². The molecule has 2 amide bonds. The van der Waals surface area contributed by atoms with Gasteiger partial charge in [-0.2, -0.15) is 0 Å². The third-order valence-electron chi connectivity index (χ3n) is 5.82. The lowest BCUT2D eigenvalue weighted by Gasteiger charge is -2.33. The number of benzene rings is 1. The van der Waals surface area contributed by atoms with Crippen LogP contribution in [0.25, 0.3) is 11.4 Å². The Morgan fingerprint density at radius 2 is 1.94 bits per heavy atom. The Morgan fingerprint density at radius 3 is 2.53 bits per heavy atom. The number of hydrogen-bond acceptors (Lipinski definition) is 4. The Hall–Kier alpha value is -2.81. The third kappa shape index (κ3) is 4.67. The summed E-state index contributed by atoms with van der Waals surface area (Å²) in [5.74, 6) is -2.27. The highest BCUT2D eigenvalue weighted by Crippen LogP contribution is 2.29. The molecular weight excluding hydrogens is 416 g/mol. The van der Waals surface area contributed by atoms with Gasteiger partial charge in [-0.1, -0.05) is 20.8 Å². The fraction of sp³-hybridized carbons (Fsp3) is 0.522. The van der Waals surface area contributed by atoms with Gasteiger partial charge in [0, 0.05) is 31.2 Å². The topological polar surface area (TPSA) is 79.3 Å². The van der Waals surface area contributed by atoms with Gasteiger partial charge in [0.1, 0.15) is 11.9 Å². The standard InChI is InChI=1S/C23H31F2N5O2/c1-7-26-22(32)19(23(3,4)5)28-21(31)18-17-12-29(6)13(2)11-30(17)20(27-18)14-8-9-15(24)16(25)10-14/h8-10,13,19H,7,11-12H2,1-6H3,(H,26,32)(H,28,31)/t13?,19-/m1/s1. The van der Waals surface area contributed by atoms with Crippen molar-refractivity contribution >= 4 is 11.8 Å². The van der Waals surface area contributed by atoms with Crippen molar-refractivity contribution < 1.29 is 18.4 Å². The molecule has 1 aromatic carbocycles. The first-order valence-electron chi connectivity index (χ1n) is 10.8. The van der Waals surface area contributed by atoms with Crippen LogP contribution < -0.4 is 10.6 Å². The van der Waals surface area contributed by atoms with Gasteiger partial charge in [-0.25, -0.2) is 13.8 Å². The Bertz CT molecular complexity index is 1030. The van der Waals surface area contributed by atoms with Crippen LogP contribution in [0.15, 0.2) is 18.2 Å². The minimum atomic E-state index is -0.976. The van der Waals surface area contributed by atoms with Gasteiger partial charge in [0.25, 0.3) is 5.91 Å². The number of nitrogens with zero attached hydrogens (tertiary/aromatic N) is 3. The van der Waals surface area contributed by atoms with Crippen molar-refractivity contribution in [3.05, 3.63) is 41.2 Å². The van der Waals surface area contributed by atoms with Gasteiger partial charge in [0.15, 0.2) is 17.3 Å². The predicted molar refractivity (Wildman–Crippen MR) is 118 cm³/mol. The van der Waals surface area contributed by atoms with Gasteiger partial charge in [-0.15, -0.1) is 0 Å². The van der Waals surface area contributed by atoms with Crippen LogP contribution in [0.5, 0.6) is 0 Å². The summed E-state index contributed by atoms with van der Waals surface area (Å²) in [6.45, 7) is 10.9. The van der Waals surface area contributed by atoms with Gasteiger partial charge in [-0.05, 0) is 44.5 Å². The first-order chi connectivity index (χ1) is 14.9. The van der Waals surface area contributed by atoms with E-state index in [0.717, 1.165) is 12.1 Å². The van der Waals surface area contributed by atoms with Crippen LogP contribution in [0, 0.1) is 17.0 Å². The number of carbonyl (C=O) groups excluding carboxylic acids is 2. The number of aromatic nitrogens is 2. The van der Waals surface area contributed by atoms with Crippen LogP contribution in [0.3, 0.4) is 0 Å². The van der Waals surface area contributed by atoms with Crippen molar-refractivity contribution in [1.82, 2.24) is 25.1 Å². The first kappa shape index (κ1) is 23.8. The molecule has 32 heavy (non-hydrogen) atoms. The molecule has 1 aliphatic heterocycles.